The molecule has 1 rings (SSSR count). The van der Waals surface area contributed by atoms with Gasteiger partial charge in [0.2, 0.25) is 0 Å². The molecule has 0 saturated carbocycles. The molecule has 0 aliphatic carbocycles. The fraction of sp³-hybridized carbons (Fsp3) is 0.556. The molecule has 0 N–H and O–H groups in total. The Bertz CT molecular complexity index is 103. The Labute approximate surface area is 68.5 Å². The molecule has 0 radical (unpaired) electrons. The van der Waals surface area contributed by atoms with Crippen molar-refractivity contribution in [2.75, 3.05) is 26.4 Å². The third kappa shape index (κ3) is 9.40. The lowest BCUT2D eigenvalue weighted by molar-refractivity contribution is -0.0334. The number of hydrogen-bond donors (Lipinski definition) is 0. The SMILES string of the molecule is C1COCCO1.C=CC(=C)C. The van der Waals surface area contributed by atoms with Gasteiger partial charge in [-0.25, -0.2) is 0 Å². The van der Waals surface area contributed by atoms with E-state index >= 15 is 0 Å². The first kappa shape index (κ1) is 10.4. The van der Waals surface area contributed by atoms with Crippen LogP contribution in [0.2, 0.25) is 0 Å². The van der Waals surface area contributed by atoms with Crippen molar-refractivity contribution in [1.82, 2.24) is 0 Å². The fourth-order valence-corrected chi connectivity index (χ4v) is 0.440. The van der Waals surface area contributed by atoms with Gasteiger partial charge in [-0.3, -0.25) is 0 Å². The number of allylic oxidation sites excluding steroid dienone is 2. The number of rotatable bonds is 1. The summed E-state index contributed by atoms with van der Waals surface area (Å²) in [6.07, 6.45) is 1.72. The summed E-state index contributed by atoms with van der Waals surface area (Å²) in [4.78, 5) is 0. The van der Waals surface area contributed by atoms with Gasteiger partial charge in [-0.2, -0.15) is 0 Å². The molecule has 2 nitrogen and oxygen atoms in total. The molecule has 1 fully saturated rings. The van der Waals surface area contributed by atoms with Gasteiger partial charge in [0.05, 0.1) is 26.4 Å². The maximum atomic E-state index is 4.94. The van der Waals surface area contributed by atoms with Crippen LogP contribution in [0.25, 0.3) is 0 Å². The minimum absolute atomic E-state index is 0.778. The van der Waals surface area contributed by atoms with Crippen molar-refractivity contribution >= 4 is 0 Å². The Morgan fingerprint density at radius 3 is 1.55 bits per heavy atom. The first-order valence-corrected chi connectivity index (χ1v) is 3.71. The zero-order valence-corrected chi connectivity index (χ0v) is 7.14. The number of ether oxygens (including phenoxy) is 2. The van der Waals surface area contributed by atoms with Crippen LogP contribution in [0.3, 0.4) is 0 Å². The molecule has 2 heteroatoms. The van der Waals surface area contributed by atoms with E-state index in [9.17, 15) is 0 Å². The van der Waals surface area contributed by atoms with Crippen LogP contribution < -0.4 is 0 Å². The molecule has 0 spiro atoms. The average Bonchev–Trinajstić information content (AvgIpc) is 2.09. The molecule has 1 aliphatic heterocycles. The van der Waals surface area contributed by atoms with Crippen molar-refractivity contribution in [1.29, 1.82) is 0 Å². The van der Waals surface area contributed by atoms with E-state index < -0.39 is 0 Å². The Balaban J connectivity index is 0.000000187. The van der Waals surface area contributed by atoms with Crippen LogP contribution in [0, 0.1) is 0 Å². The lowest BCUT2D eigenvalue weighted by atomic mass is 10.4. The van der Waals surface area contributed by atoms with Gasteiger partial charge in [0.1, 0.15) is 0 Å². The maximum absolute atomic E-state index is 4.94. The summed E-state index contributed by atoms with van der Waals surface area (Å²) in [6.45, 7) is 12.0. The highest BCUT2D eigenvalue weighted by atomic mass is 16.6. The molecule has 0 amide bonds. The minimum atomic E-state index is 0.778. The molecule has 11 heavy (non-hydrogen) atoms. The van der Waals surface area contributed by atoms with Crippen LogP contribution >= 0.6 is 0 Å². The molecular weight excluding hydrogens is 140 g/mol. The van der Waals surface area contributed by atoms with E-state index in [4.69, 9.17) is 9.47 Å². The zero-order chi connectivity index (χ0) is 8.53. The highest BCUT2D eigenvalue weighted by Crippen LogP contribution is 1.85. The van der Waals surface area contributed by atoms with Crippen LogP contribution in [0.15, 0.2) is 24.8 Å². The van der Waals surface area contributed by atoms with Crippen molar-refractivity contribution in [2.24, 2.45) is 0 Å². The summed E-state index contributed by atoms with van der Waals surface area (Å²) in [5.41, 5.74) is 1.02. The van der Waals surface area contributed by atoms with Crippen LogP contribution in [0.1, 0.15) is 6.92 Å². The molecule has 0 aromatic heterocycles. The van der Waals surface area contributed by atoms with Crippen molar-refractivity contribution < 1.29 is 9.47 Å². The summed E-state index contributed by atoms with van der Waals surface area (Å²) < 4.78 is 9.89. The third-order valence-corrected chi connectivity index (χ3v) is 1.09. The molecule has 64 valence electrons. The van der Waals surface area contributed by atoms with Gasteiger partial charge in [-0.05, 0) is 6.92 Å². The lowest BCUT2D eigenvalue weighted by Crippen LogP contribution is -2.16. The van der Waals surface area contributed by atoms with Crippen molar-refractivity contribution in [3.8, 4) is 0 Å². The van der Waals surface area contributed by atoms with Gasteiger partial charge in [-0.15, -0.1) is 0 Å². The van der Waals surface area contributed by atoms with E-state index in [-0.39, 0.29) is 0 Å². The van der Waals surface area contributed by atoms with Gasteiger partial charge in [0.15, 0.2) is 0 Å². The summed E-state index contributed by atoms with van der Waals surface area (Å²) in [5.74, 6) is 0. The zero-order valence-electron chi connectivity index (χ0n) is 7.14. The summed E-state index contributed by atoms with van der Waals surface area (Å²) in [5, 5.41) is 0. The summed E-state index contributed by atoms with van der Waals surface area (Å²) in [7, 11) is 0. The molecule has 1 aliphatic rings. The topological polar surface area (TPSA) is 18.5 Å². The van der Waals surface area contributed by atoms with E-state index in [1.54, 1.807) is 6.08 Å². The lowest BCUT2D eigenvalue weighted by Gasteiger charge is -2.09. The first-order valence-electron chi connectivity index (χ1n) is 3.71. The van der Waals surface area contributed by atoms with Crippen LogP contribution in [0.4, 0.5) is 0 Å². The van der Waals surface area contributed by atoms with E-state index in [1.807, 2.05) is 6.92 Å². The number of hydrogen-bond acceptors (Lipinski definition) is 2. The van der Waals surface area contributed by atoms with Crippen molar-refractivity contribution in [3.05, 3.63) is 24.8 Å². The van der Waals surface area contributed by atoms with Gasteiger partial charge in [0, 0.05) is 0 Å². The Kier molecular flexibility index (Phi) is 7.10. The third-order valence-electron chi connectivity index (χ3n) is 1.09. The molecule has 0 aromatic rings. The van der Waals surface area contributed by atoms with Gasteiger partial charge >= 0.3 is 0 Å². The van der Waals surface area contributed by atoms with E-state index in [0.717, 1.165) is 32.0 Å². The standard InChI is InChI=1S/C5H8.C4H8O2/c1-4-5(2)3;1-2-6-4-3-5-1/h4H,1-2H2,3H3;1-4H2. The Hall–Kier alpha value is -0.600. The molecule has 0 unspecified atom stereocenters. The first-order chi connectivity index (χ1) is 5.27. The highest BCUT2D eigenvalue weighted by Gasteiger charge is 1.94. The van der Waals surface area contributed by atoms with E-state index in [1.165, 1.54) is 0 Å². The second-order valence-electron chi connectivity index (χ2n) is 2.28. The molecule has 0 aromatic carbocycles. The van der Waals surface area contributed by atoms with E-state index in [0.29, 0.717) is 0 Å². The fourth-order valence-electron chi connectivity index (χ4n) is 0.440. The molecular formula is C9H16O2. The summed E-state index contributed by atoms with van der Waals surface area (Å²) in [6, 6.07) is 0. The van der Waals surface area contributed by atoms with Crippen LogP contribution in [0.5, 0.6) is 0 Å². The largest absolute Gasteiger partial charge is 0.377 e. The maximum Gasteiger partial charge on any atom is 0.0701 e. The van der Waals surface area contributed by atoms with Crippen LogP contribution in [-0.4, -0.2) is 26.4 Å². The van der Waals surface area contributed by atoms with Gasteiger partial charge in [-0.1, -0.05) is 24.8 Å². The van der Waals surface area contributed by atoms with E-state index in [2.05, 4.69) is 13.2 Å². The van der Waals surface area contributed by atoms with Crippen molar-refractivity contribution in [3.63, 3.8) is 0 Å². The quantitative estimate of drug-likeness (QED) is 0.539. The van der Waals surface area contributed by atoms with Crippen LogP contribution in [-0.2, 0) is 9.47 Å². The Morgan fingerprint density at radius 1 is 1.18 bits per heavy atom. The van der Waals surface area contributed by atoms with Crippen molar-refractivity contribution in [2.45, 2.75) is 6.92 Å². The monoisotopic (exact) mass is 156 g/mol. The molecule has 1 saturated heterocycles. The molecule has 0 atom stereocenters. The molecule has 1 heterocycles. The molecule has 0 bridgehead atoms. The second-order valence-corrected chi connectivity index (χ2v) is 2.28. The highest BCUT2D eigenvalue weighted by molar-refractivity contribution is 5.05. The minimum Gasteiger partial charge on any atom is -0.377 e. The van der Waals surface area contributed by atoms with Gasteiger partial charge < -0.3 is 9.47 Å². The average molecular weight is 156 g/mol. The Morgan fingerprint density at radius 2 is 1.45 bits per heavy atom. The smallest absolute Gasteiger partial charge is 0.0701 e. The van der Waals surface area contributed by atoms with Gasteiger partial charge in [0.25, 0.3) is 0 Å². The predicted octanol–water partition coefficient (Wildman–Crippen LogP) is 1.78. The second kappa shape index (κ2) is 7.51. The summed E-state index contributed by atoms with van der Waals surface area (Å²) >= 11 is 0. The predicted molar refractivity (Wildman–Crippen MR) is 46.6 cm³/mol. The normalized spacial score (nSPS) is 16.1.